The molecule has 8 nitrogen and oxygen atoms in total. The first-order valence-electron chi connectivity index (χ1n) is 6.48. The summed E-state index contributed by atoms with van der Waals surface area (Å²) in [7, 11) is -1.97. The molecule has 1 atom stereocenters. The predicted molar refractivity (Wildman–Crippen MR) is 75.1 cm³/mol. The molecule has 0 spiro atoms. The number of carbonyl (C=O) groups excluding carboxylic acids is 1. The normalized spacial score (nSPS) is 19.0. The second-order valence-corrected chi connectivity index (χ2v) is 7.02. The van der Waals surface area contributed by atoms with Gasteiger partial charge in [-0.2, -0.15) is 4.31 Å². The number of likely N-dealkylation sites (tertiary alicyclic amines) is 1. The van der Waals surface area contributed by atoms with Crippen LogP contribution in [0.1, 0.15) is 6.42 Å². The fourth-order valence-corrected chi connectivity index (χ4v) is 2.32. The van der Waals surface area contributed by atoms with E-state index in [2.05, 4.69) is 9.97 Å². The number of rotatable bonds is 5. The van der Waals surface area contributed by atoms with E-state index in [9.17, 15) is 13.2 Å². The zero-order valence-corrected chi connectivity index (χ0v) is 12.8. The van der Waals surface area contributed by atoms with E-state index in [0.717, 1.165) is 10.6 Å². The lowest BCUT2D eigenvalue weighted by atomic mass is 10.3. The first-order valence-corrected chi connectivity index (χ1v) is 8.33. The van der Waals surface area contributed by atoms with Crippen molar-refractivity contribution in [3.8, 4) is 5.88 Å². The van der Waals surface area contributed by atoms with Crippen LogP contribution >= 0.6 is 0 Å². The summed E-state index contributed by atoms with van der Waals surface area (Å²) < 4.78 is 29.3. The molecule has 1 aromatic rings. The van der Waals surface area contributed by atoms with Gasteiger partial charge in [0.25, 0.3) is 0 Å². The molecule has 0 radical (unpaired) electrons. The van der Waals surface area contributed by atoms with Gasteiger partial charge in [-0.15, -0.1) is 0 Å². The minimum absolute atomic E-state index is 0.144. The number of hydrogen-bond donors (Lipinski definition) is 0. The Morgan fingerprint density at radius 1 is 1.52 bits per heavy atom. The average molecular weight is 314 g/mol. The molecule has 0 saturated carbocycles. The summed E-state index contributed by atoms with van der Waals surface area (Å²) in [6, 6.07) is 0. The maximum atomic E-state index is 12.0. The van der Waals surface area contributed by atoms with Crippen LogP contribution in [0, 0.1) is 0 Å². The highest BCUT2D eigenvalue weighted by atomic mass is 32.2. The number of nitrogens with zero attached hydrogens (tertiary/aromatic N) is 4. The summed E-state index contributed by atoms with van der Waals surface area (Å²) >= 11 is 0. The zero-order valence-electron chi connectivity index (χ0n) is 12.0. The summed E-state index contributed by atoms with van der Waals surface area (Å²) in [6.07, 6.45) is 6.22. The number of amides is 1. The Bertz CT molecular complexity index is 593. The third kappa shape index (κ3) is 4.36. The minimum Gasteiger partial charge on any atom is -0.471 e. The molecule has 0 unspecified atom stereocenters. The highest BCUT2D eigenvalue weighted by Crippen LogP contribution is 2.15. The van der Waals surface area contributed by atoms with E-state index in [4.69, 9.17) is 4.74 Å². The van der Waals surface area contributed by atoms with E-state index >= 15 is 0 Å². The number of hydrogen-bond acceptors (Lipinski definition) is 6. The quantitative estimate of drug-likeness (QED) is 0.717. The van der Waals surface area contributed by atoms with Crippen molar-refractivity contribution in [1.82, 2.24) is 19.2 Å². The highest BCUT2D eigenvalue weighted by molar-refractivity contribution is 7.88. The van der Waals surface area contributed by atoms with Gasteiger partial charge in [-0.1, -0.05) is 0 Å². The molecule has 9 heteroatoms. The van der Waals surface area contributed by atoms with E-state index in [1.54, 1.807) is 11.1 Å². The summed E-state index contributed by atoms with van der Waals surface area (Å²) in [5.74, 6) is 0.193. The van der Waals surface area contributed by atoms with Gasteiger partial charge in [-0.05, 0) is 0 Å². The van der Waals surface area contributed by atoms with Gasteiger partial charge >= 0.3 is 0 Å². The number of aromatic nitrogens is 2. The highest BCUT2D eigenvalue weighted by Gasteiger charge is 2.29. The van der Waals surface area contributed by atoms with Crippen LogP contribution in [-0.4, -0.2) is 72.5 Å². The molecule has 0 bridgehead atoms. The van der Waals surface area contributed by atoms with Gasteiger partial charge in [0, 0.05) is 32.4 Å². The lowest BCUT2D eigenvalue weighted by Crippen LogP contribution is -2.40. The Labute approximate surface area is 123 Å². The summed E-state index contributed by atoms with van der Waals surface area (Å²) in [6.45, 7) is 0.811. The monoisotopic (exact) mass is 314 g/mol. The van der Waals surface area contributed by atoms with Crippen LogP contribution in [-0.2, 0) is 14.8 Å². The molecule has 2 rings (SSSR count). The molecule has 1 saturated heterocycles. The lowest BCUT2D eigenvalue weighted by Gasteiger charge is -2.20. The SMILES string of the molecule is CN(CC(=O)N1CC[C@H](Oc2cnccn2)C1)S(C)(=O)=O. The second-order valence-electron chi connectivity index (χ2n) is 4.93. The molecule has 0 aliphatic carbocycles. The fourth-order valence-electron chi connectivity index (χ4n) is 1.98. The van der Waals surface area contributed by atoms with Gasteiger partial charge < -0.3 is 9.64 Å². The summed E-state index contributed by atoms with van der Waals surface area (Å²) in [5.41, 5.74) is 0. The Kier molecular flexibility index (Phi) is 4.73. The van der Waals surface area contributed by atoms with Crippen molar-refractivity contribution in [2.45, 2.75) is 12.5 Å². The van der Waals surface area contributed by atoms with Crippen molar-refractivity contribution in [3.05, 3.63) is 18.6 Å². The van der Waals surface area contributed by atoms with Crippen LogP contribution in [0.4, 0.5) is 0 Å². The van der Waals surface area contributed by atoms with Crippen LogP contribution in [0.25, 0.3) is 0 Å². The first-order chi connectivity index (χ1) is 9.86. The number of sulfonamides is 1. The third-order valence-corrected chi connectivity index (χ3v) is 4.51. The molecular weight excluding hydrogens is 296 g/mol. The number of likely N-dealkylation sites (N-methyl/N-ethyl adjacent to an activating group) is 1. The predicted octanol–water partition coefficient (Wildman–Crippen LogP) is -0.652. The summed E-state index contributed by atoms with van der Waals surface area (Å²) in [5, 5.41) is 0. The average Bonchev–Trinajstić information content (AvgIpc) is 2.87. The second kappa shape index (κ2) is 6.35. The number of ether oxygens (including phenoxy) is 1. The van der Waals surface area contributed by atoms with Gasteiger partial charge in [0.05, 0.1) is 25.5 Å². The van der Waals surface area contributed by atoms with E-state index in [1.165, 1.54) is 19.4 Å². The lowest BCUT2D eigenvalue weighted by molar-refractivity contribution is -0.130. The molecule has 0 aromatic carbocycles. The summed E-state index contributed by atoms with van der Waals surface area (Å²) in [4.78, 5) is 21.6. The van der Waals surface area contributed by atoms with Crippen LogP contribution in [0.15, 0.2) is 18.6 Å². The maximum Gasteiger partial charge on any atom is 0.238 e. The van der Waals surface area contributed by atoms with Crippen molar-refractivity contribution in [3.63, 3.8) is 0 Å². The molecule has 0 N–H and O–H groups in total. The van der Waals surface area contributed by atoms with Crippen molar-refractivity contribution < 1.29 is 17.9 Å². The van der Waals surface area contributed by atoms with Crippen molar-refractivity contribution in [2.24, 2.45) is 0 Å². The minimum atomic E-state index is -3.35. The Hall–Kier alpha value is -1.74. The molecule has 116 valence electrons. The van der Waals surface area contributed by atoms with Gasteiger partial charge in [-0.3, -0.25) is 9.78 Å². The van der Waals surface area contributed by atoms with E-state index in [0.29, 0.717) is 25.4 Å². The fraction of sp³-hybridized carbons (Fsp3) is 0.583. The Balaban J connectivity index is 1.86. The van der Waals surface area contributed by atoms with Gasteiger partial charge in [0.15, 0.2) is 0 Å². The largest absolute Gasteiger partial charge is 0.471 e. The van der Waals surface area contributed by atoms with Gasteiger partial charge in [0.2, 0.25) is 21.8 Å². The van der Waals surface area contributed by atoms with Crippen LogP contribution in [0.5, 0.6) is 5.88 Å². The molecule has 1 fully saturated rings. The zero-order chi connectivity index (χ0) is 15.5. The molecule has 1 aliphatic rings. The molecule has 1 aliphatic heterocycles. The molecule has 1 aromatic heterocycles. The smallest absolute Gasteiger partial charge is 0.238 e. The Morgan fingerprint density at radius 3 is 2.90 bits per heavy atom. The van der Waals surface area contributed by atoms with Gasteiger partial charge in [-0.25, -0.2) is 13.4 Å². The van der Waals surface area contributed by atoms with Crippen LogP contribution in [0.2, 0.25) is 0 Å². The molecular formula is C12H18N4O4S. The van der Waals surface area contributed by atoms with E-state index < -0.39 is 10.0 Å². The number of carbonyl (C=O) groups is 1. The van der Waals surface area contributed by atoms with Crippen molar-refractivity contribution in [1.29, 1.82) is 0 Å². The first kappa shape index (κ1) is 15.6. The van der Waals surface area contributed by atoms with Crippen molar-refractivity contribution >= 4 is 15.9 Å². The standard InChI is InChI=1S/C12H18N4O4S/c1-15(21(2,18)19)9-12(17)16-6-3-10(8-16)20-11-7-13-4-5-14-11/h4-5,7,10H,3,6,8-9H2,1-2H3/t10-/m0/s1. The molecule has 1 amide bonds. The molecule has 21 heavy (non-hydrogen) atoms. The van der Waals surface area contributed by atoms with Crippen molar-refractivity contribution in [2.75, 3.05) is 32.9 Å². The topological polar surface area (TPSA) is 92.7 Å². The van der Waals surface area contributed by atoms with E-state index in [-0.39, 0.29) is 18.6 Å². The van der Waals surface area contributed by atoms with Gasteiger partial charge in [0.1, 0.15) is 6.10 Å². The Morgan fingerprint density at radius 2 is 2.29 bits per heavy atom. The third-order valence-electron chi connectivity index (χ3n) is 3.25. The maximum absolute atomic E-state index is 12.0. The molecule has 2 heterocycles. The van der Waals surface area contributed by atoms with Crippen LogP contribution < -0.4 is 4.74 Å². The van der Waals surface area contributed by atoms with Crippen LogP contribution in [0.3, 0.4) is 0 Å². The van der Waals surface area contributed by atoms with E-state index in [1.807, 2.05) is 0 Å².